The maximum Gasteiger partial charge on any atom is 0.269 e. The molecule has 172 valence electrons. The number of carbonyl (C=O) groups is 2. The highest BCUT2D eigenvalue weighted by Gasteiger charge is 2.21. The molecule has 0 aliphatic carbocycles. The van der Waals surface area contributed by atoms with Gasteiger partial charge in [0.15, 0.2) is 5.78 Å². The second-order valence-electron chi connectivity index (χ2n) is 8.67. The second-order valence-corrected chi connectivity index (χ2v) is 10.1. The molecule has 2 heterocycles. The van der Waals surface area contributed by atoms with Crippen molar-refractivity contribution in [3.05, 3.63) is 54.2 Å². The average Bonchev–Trinajstić information content (AvgIpc) is 3.33. The largest absolute Gasteiger partial charge is 0.376 e. The van der Waals surface area contributed by atoms with Gasteiger partial charge in [-0.15, -0.1) is 11.3 Å². The van der Waals surface area contributed by atoms with E-state index in [1.165, 1.54) is 34.9 Å². The van der Waals surface area contributed by atoms with Crippen LogP contribution in [0.5, 0.6) is 0 Å². The molecule has 3 rings (SSSR count). The normalized spacial score (nSPS) is 17.7. The first-order chi connectivity index (χ1) is 15.1. The third-order valence-corrected chi connectivity index (χ3v) is 6.45. The molecule has 1 saturated heterocycles. The predicted molar refractivity (Wildman–Crippen MR) is 124 cm³/mol. The van der Waals surface area contributed by atoms with Gasteiger partial charge in [-0.1, -0.05) is 38.4 Å². The van der Waals surface area contributed by atoms with E-state index in [0.717, 1.165) is 24.2 Å². The number of rotatable bonds is 6. The van der Waals surface area contributed by atoms with Gasteiger partial charge in [0.05, 0.1) is 15.7 Å². The number of aromatic nitrogens is 1. The smallest absolute Gasteiger partial charge is 0.269 e. The Morgan fingerprint density at radius 2 is 2.12 bits per heavy atom. The monoisotopic (exact) mass is 480 g/mol. The fourth-order valence-electron chi connectivity index (χ4n) is 3.13. The molecule has 0 unspecified atom stereocenters. The number of ketones is 1. The zero-order valence-electron chi connectivity index (χ0n) is 18.2. The molecule has 1 aliphatic rings. The highest BCUT2D eigenvalue weighted by atomic mass is 35.5. The van der Waals surface area contributed by atoms with E-state index >= 15 is 0 Å². The topological polar surface area (TPSA) is 77.4 Å². The van der Waals surface area contributed by atoms with Gasteiger partial charge in [0.1, 0.15) is 17.0 Å². The van der Waals surface area contributed by atoms with Crippen LogP contribution in [0.15, 0.2) is 23.0 Å². The van der Waals surface area contributed by atoms with Crippen molar-refractivity contribution in [3.63, 3.8) is 0 Å². The minimum absolute atomic E-state index is 0.0289. The lowest BCUT2D eigenvalue weighted by Gasteiger charge is -2.13. The van der Waals surface area contributed by atoms with Crippen molar-refractivity contribution in [2.24, 2.45) is 5.41 Å². The number of hydrogen-bond acceptors (Lipinski definition) is 5. The summed E-state index contributed by atoms with van der Waals surface area (Å²) in [6, 6.07) is 4.25. The highest BCUT2D eigenvalue weighted by Crippen LogP contribution is 2.19. The molecule has 1 atom stereocenters. The summed E-state index contributed by atoms with van der Waals surface area (Å²) >= 11 is 7.11. The number of ether oxygens (including phenoxy) is 1. The van der Waals surface area contributed by atoms with Gasteiger partial charge < -0.3 is 10.1 Å². The average molecular weight is 481 g/mol. The summed E-state index contributed by atoms with van der Waals surface area (Å²) < 4.78 is 21.5. The molecule has 0 saturated carbocycles. The number of nitrogens with one attached hydrogen (secondary N) is 1. The third kappa shape index (κ3) is 5.94. The number of carbonyl (C=O) groups excluding carboxylic acids is 2. The Kier molecular flexibility index (Phi) is 7.69. The highest BCUT2D eigenvalue weighted by molar-refractivity contribution is 7.07. The Morgan fingerprint density at radius 1 is 1.38 bits per heavy atom. The van der Waals surface area contributed by atoms with Crippen LogP contribution in [0.4, 0.5) is 4.39 Å². The van der Waals surface area contributed by atoms with Crippen LogP contribution < -0.4 is 20.1 Å². The van der Waals surface area contributed by atoms with E-state index in [-0.39, 0.29) is 39.5 Å². The summed E-state index contributed by atoms with van der Waals surface area (Å²) in [5, 5.41) is 2.94. The van der Waals surface area contributed by atoms with Crippen LogP contribution in [0.3, 0.4) is 0 Å². The molecular formula is C23H26ClFN2O4S. The zero-order valence-corrected chi connectivity index (χ0v) is 19.8. The predicted octanol–water partition coefficient (Wildman–Crippen LogP) is 2.22. The van der Waals surface area contributed by atoms with Gasteiger partial charge in [-0.2, -0.15) is 0 Å². The number of thiazole rings is 1. The quantitative estimate of drug-likeness (QED) is 0.687. The number of nitrogens with zero attached hydrogens (tertiary/aromatic N) is 1. The van der Waals surface area contributed by atoms with Gasteiger partial charge in [0.25, 0.3) is 5.56 Å². The van der Waals surface area contributed by atoms with Gasteiger partial charge in [-0.25, -0.2) is 4.39 Å². The van der Waals surface area contributed by atoms with Crippen LogP contribution in [0.2, 0.25) is 5.02 Å². The van der Waals surface area contributed by atoms with E-state index in [1.54, 1.807) is 20.8 Å². The van der Waals surface area contributed by atoms with Gasteiger partial charge in [-0.3, -0.25) is 19.0 Å². The maximum atomic E-state index is 14.2. The first kappa shape index (κ1) is 24.4. The van der Waals surface area contributed by atoms with Gasteiger partial charge in [0.2, 0.25) is 5.91 Å². The number of benzene rings is 1. The van der Waals surface area contributed by atoms with Gasteiger partial charge >= 0.3 is 0 Å². The summed E-state index contributed by atoms with van der Waals surface area (Å²) in [6.45, 7) is 6.08. The lowest BCUT2D eigenvalue weighted by Crippen LogP contribution is -2.40. The van der Waals surface area contributed by atoms with Crippen molar-refractivity contribution in [2.45, 2.75) is 46.3 Å². The fourth-order valence-corrected chi connectivity index (χ4v) is 4.37. The zero-order chi connectivity index (χ0) is 23.5. The van der Waals surface area contributed by atoms with E-state index in [1.807, 2.05) is 0 Å². The Balaban J connectivity index is 2.01. The molecule has 9 heteroatoms. The summed E-state index contributed by atoms with van der Waals surface area (Å²) in [5.41, 5.74) is -1.07. The molecule has 1 amide bonds. The molecule has 1 aromatic heterocycles. The molecule has 1 aliphatic heterocycles. The second kappa shape index (κ2) is 10.1. The molecule has 0 bridgehead atoms. The van der Waals surface area contributed by atoms with Crippen LogP contribution in [-0.4, -0.2) is 35.5 Å². The minimum atomic E-state index is -0.661. The molecule has 6 nitrogen and oxygen atoms in total. The van der Waals surface area contributed by atoms with Crippen molar-refractivity contribution >= 4 is 46.8 Å². The van der Waals surface area contributed by atoms with Gasteiger partial charge in [0, 0.05) is 30.2 Å². The van der Waals surface area contributed by atoms with E-state index < -0.39 is 16.8 Å². The Labute approximate surface area is 194 Å². The van der Waals surface area contributed by atoms with Crippen molar-refractivity contribution in [3.8, 4) is 0 Å². The molecule has 1 aromatic carbocycles. The lowest BCUT2D eigenvalue weighted by atomic mass is 9.91. The number of halogens is 2. The van der Waals surface area contributed by atoms with E-state index in [2.05, 4.69) is 5.32 Å². The molecule has 32 heavy (non-hydrogen) atoms. The molecule has 0 radical (unpaired) electrons. The fraction of sp³-hybridized carbons (Fsp3) is 0.435. The first-order valence-corrected chi connectivity index (χ1v) is 11.6. The van der Waals surface area contributed by atoms with Crippen LogP contribution in [0.25, 0.3) is 12.2 Å². The standard InChI is InChI=1S/C23H26ClFN2O4S/c1-23(2,3)19(28)11-21-27(13-20(29)26-12-14-6-5-9-31-14)22(30)18(32-21)10-15-16(24)7-4-8-17(15)25/h4,7-8,10-11,14H,5-6,9,12-13H2,1-3H3,(H,26,29)/b18-10-,21-11-/t14-/m1/s1. The maximum absolute atomic E-state index is 14.2. The van der Waals surface area contributed by atoms with Crippen molar-refractivity contribution < 1.29 is 18.7 Å². The van der Waals surface area contributed by atoms with E-state index in [0.29, 0.717) is 17.8 Å². The van der Waals surface area contributed by atoms with Crippen LogP contribution in [0.1, 0.15) is 39.2 Å². The van der Waals surface area contributed by atoms with Crippen molar-refractivity contribution in [1.82, 2.24) is 9.88 Å². The Morgan fingerprint density at radius 3 is 2.75 bits per heavy atom. The summed E-state index contributed by atoms with van der Waals surface area (Å²) in [7, 11) is 0. The third-order valence-electron chi connectivity index (χ3n) is 5.06. The first-order valence-electron chi connectivity index (χ1n) is 10.4. The molecule has 1 N–H and O–H groups in total. The number of Topliss-reactive ketones (excluding diaryl/α,β-unsaturated/α-hetero) is 1. The lowest BCUT2D eigenvalue weighted by molar-refractivity contribution is -0.122. The number of hydrogen-bond donors (Lipinski definition) is 1. The van der Waals surface area contributed by atoms with E-state index in [4.69, 9.17) is 16.3 Å². The van der Waals surface area contributed by atoms with Crippen LogP contribution >= 0.6 is 22.9 Å². The van der Waals surface area contributed by atoms with Crippen LogP contribution in [0, 0.1) is 11.2 Å². The SMILES string of the molecule is CC(C)(C)C(=O)/C=c1\s/c(=C\c2c(F)cccc2Cl)c(=O)n1CC(=O)NC[C@H]1CCCO1. The molecule has 1 fully saturated rings. The summed E-state index contributed by atoms with van der Waals surface area (Å²) in [4.78, 5) is 38.2. The van der Waals surface area contributed by atoms with Crippen molar-refractivity contribution in [1.29, 1.82) is 0 Å². The summed E-state index contributed by atoms with van der Waals surface area (Å²) in [6.07, 6.45) is 4.51. The van der Waals surface area contributed by atoms with Gasteiger partial charge in [-0.05, 0) is 31.1 Å². The molecule has 0 spiro atoms. The van der Waals surface area contributed by atoms with E-state index in [9.17, 15) is 18.8 Å². The minimum Gasteiger partial charge on any atom is -0.376 e. The van der Waals surface area contributed by atoms with Crippen molar-refractivity contribution in [2.75, 3.05) is 13.2 Å². The summed E-state index contributed by atoms with van der Waals surface area (Å²) in [5.74, 6) is -1.13. The number of amides is 1. The van der Waals surface area contributed by atoms with Crippen LogP contribution in [-0.2, 0) is 20.9 Å². The Hall–Kier alpha value is -2.29. The molecule has 2 aromatic rings. The molecular weight excluding hydrogens is 455 g/mol. The Bertz CT molecular complexity index is 1170.